The molecule has 0 aliphatic heterocycles. The van der Waals surface area contributed by atoms with Crippen molar-refractivity contribution in [2.45, 2.75) is 6.92 Å². The number of nitriles is 2. The van der Waals surface area contributed by atoms with Gasteiger partial charge in [0.05, 0.1) is 11.4 Å². The molecule has 0 saturated carbocycles. The Kier molecular flexibility index (Phi) is 3.33. The Bertz CT molecular complexity index is 410. The maximum absolute atomic E-state index is 8.40. The third kappa shape index (κ3) is 2.15. The molecule has 0 amide bonds. The second-order valence-corrected chi connectivity index (χ2v) is 3.37. The van der Waals surface area contributed by atoms with E-state index in [-0.39, 0.29) is 0 Å². The van der Waals surface area contributed by atoms with Gasteiger partial charge in [-0.3, -0.25) is 0 Å². The summed E-state index contributed by atoms with van der Waals surface area (Å²) in [6.45, 7) is 1.80. The molecule has 0 spiro atoms. The molecule has 0 fully saturated rings. The van der Waals surface area contributed by atoms with Crippen molar-refractivity contribution < 1.29 is 0 Å². The Balaban J connectivity index is 3.17. The molecule has 0 radical (unpaired) electrons. The number of hydrogen-bond donors (Lipinski definition) is 0. The van der Waals surface area contributed by atoms with E-state index in [4.69, 9.17) is 10.5 Å². The molecule has 0 aromatic carbocycles. The number of allylic oxidation sites excluding steroid dienone is 4. The lowest BCUT2D eigenvalue weighted by Gasteiger charge is -2.08. The van der Waals surface area contributed by atoms with E-state index >= 15 is 0 Å². The van der Waals surface area contributed by atoms with Crippen LogP contribution in [0.1, 0.15) is 6.92 Å². The molecule has 0 bridgehead atoms. The van der Waals surface area contributed by atoms with Gasteiger partial charge in [0.1, 0.15) is 0 Å². The molecule has 14 heavy (non-hydrogen) atoms. The Morgan fingerprint density at radius 3 is 2.29 bits per heavy atom. The summed E-state index contributed by atoms with van der Waals surface area (Å²) >= 11 is 3.24. The zero-order chi connectivity index (χ0) is 10.6. The average molecular weight is 249 g/mol. The van der Waals surface area contributed by atoms with Crippen molar-refractivity contribution in [2.75, 3.05) is 0 Å². The molecule has 0 saturated heterocycles. The summed E-state index contributed by atoms with van der Waals surface area (Å²) < 4.78 is 0.652. The zero-order valence-corrected chi connectivity index (χ0v) is 8.91. The lowest BCUT2D eigenvalue weighted by Crippen LogP contribution is -2.08. The highest BCUT2D eigenvalue weighted by Crippen LogP contribution is 2.18. The van der Waals surface area contributed by atoms with Crippen LogP contribution in [0.5, 0.6) is 0 Å². The van der Waals surface area contributed by atoms with Crippen molar-refractivity contribution in [2.24, 2.45) is 9.98 Å². The van der Waals surface area contributed by atoms with E-state index in [1.807, 2.05) is 0 Å². The van der Waals surface area contributed by atoms with Crippen molar-refractivity contribution >= 4 is 27.4 Å². The van der Waals surface area contributed by atoms with E-state index in [0.29, 0.717) is 15.9 Å². The fourth-order valence-electron chi connectivity index (χ4n) is 0.970. The first-order valence-electron chi connectivity index (χ1n) is 3.69. The highest BCUT2D eigenvalue weighted by atomic mass is 79.9. The van der Waals surface area contributed by atoms with Gasteiger partial charge in [-0.1, -0.05) is 0 Å². The van der Waals surface area contributed by atoms with Crippen LogP contribution < -0.4 is 0 Å². The summed E-state index contributed by atoms with van der Waals surface area (Å²) in [7, 11) is 0. The minimum atomic E-state index is 0.543. The molecule has 0 heterocycles. The van der Waals surface area contributed by atoms with Crippen LogP contribution in [-0.2, 0) is 0 Å². The van der Waals surface area contributed by atoms with Crippen molar-refractivity contribution in [1.29, 1.82) is 10.5 Å². The molecule has 1 aliphatic rings. The molecule has 0 N–H and O–H groups in total. The number of hydrogen-bond acceptors (Lipinski definition) is 4. The van der Waals surface area contributed by atoms with Crippen LogP contribution in [0.15, 0.2) is 32.2 Å². The quantitative estimate of drug-likeness (QED) is 0.487. The Hall–Kier alpha value is -1.72. The van der Waals surface area contributed by atoms with Crippen LogP contribution in [0.3, 0.4) is 0 Å². The molecule has 0 aromatic rings. The first-order chi connectivity index (χ1) is 6.69. The molecule has 68 valence electrons. The summed E-state index contributed by atoms with van der Waals surface area (Å²) in [4.78, 5) is 7.22. The van der Waals surface area contributed by atoms with E-state index in [2.05, 4.69) is 25.9 Å². The summed E-state index contributed by atoms with van der Waals surface area (Å²) in [6.07, 6.45) is 6.77. The molecule has 1 rings (SSSR count). The lowest BCUT2D eigenvalue weighted by molar-refractivity contribution is 1.41. The van der Waals surface area contributed by atoms with E-state index in [1.165, 1.54) is 0 Å². The molecule has 5 heteroatoms. The molecule has 1 aliphatic carbocycles. The van der Waals surface area contributed by atoms with Gasteiger partial charge in [-0.15, -0.1) is 0 Å². The second kappa shape index (κ2) is 4.50. The molecular weight excluding hydrogens is 244 g/mol. The minimum Gasteiger partial charge on any atom is -0.173 e. The van der Waals surface area contributed by atoms with Gasteiger partial charge in [-0.05, 0) is 40.6 Å². The molecule has 0 atom stereocenters. The molecule has 4 nitrogen and oxygen atoms in total. The van der Waals surface area contributed by atoms with Crippen LogP contribution in [-0.4, -0.2) is 11.4 Å². The van der Waals surface area contributed by atoms with Crippen LogP contribution in [0.25, 0.3) is 0 Å². The first-order valence-corrected chi connectivity index (χ1v) is 4.48. The highest BCUT2D eigenvalue weighted by Gasteiger charge is 2.12. The minimum absolute atomic E-state index is 0.543. The fourth-order valence-corrected chi connectivity index (χ4v) is 1.39. The second-order valence-electron chi connectivity index (χ2n) is 2.51. The maximum Gasteiger partial charge on any atom is 0.206 e. The predicted molar refractivity (Wildman–Crippen MR) is 56.9 cm³/mol. The van der Waals surface area contributed by atoms with E-state index in [9.17, 15) is 0 Å². The topological polar surface area (TPSA) is 72.3 Å². The maximum atomic E-state index is 8.40. The standard InChI is InChI=1S/C9H5BrN4/c1-6-2-9(14-5-12)7(10)3-8(6)13-4-11/h2-3H,1H3/b13-8+,14-9+. The van der Waals surface area contributed by atoms with Gasteiger partial charge in [0.25, 0.3) is 0 Å². The molecule has 0 aromatic heterocycles. The first kappa shape index (κ1) is 10.4. The van der Waals surface area contributed by atoms with Crippen LogP contribution >= 0.6 is 15.9 Å². The third-order valence-corrected chi connectivity index (χ3v) is 2.24. The van der Waals surface area contributed by atoms with Gasteiger partial charge in [0.2, 0.25) is 12.4 Å². The summed E-state index contributed by atoms with van der Waals surface area (Å²) in [6, 6.07) is 0. The smallest absolute Gasteiger partial charge is 0.173 e. The van der Waals surface area contributed by atoms with Crippen molar-refractivity contribution in [3.05, 3.63) is 22.2 Å². The van der Waals surface area contributed by atoms with Crippen LogP contribution in [0.4, 0.5) is 0 Å². The number of rotatable bonds is 0. The average Bonchev–Trinajstić information content (AvgIpc) is 2.14. The van der Waals surface area contributed by atoms with Gasteiger partial charge in [-0.2, -0.15) is 20.5 Å². The fraction of sp³-hybridized carbons (Fsp3) is 0.111. The Morgan fingerprint density at radius 2 is 1.71 bits per heavy atom. The van der Waals surface area contributed by atoms with E-state index in [1.54, 1.807) is 31.5 Å². The molecular formula is C9H5BrN4. The third-order valence-electron chi connectivity index (χ3n) is 1.61. The molecule has 0 unspecified atom stereocenters. The largest absolute Gasteiger partial charge is 0.206 e. The van der Waals surface area contributed by atoms with Crippen molar-refractivity contribution in [3.8, 4) is 12.4 Å². The summed E-state index contributed by atoms with van der Waals surface area (Å²) in [5.74, 6) is 0. The summed E-state index contributed by atoms with van der Waals surface area (Å²) in [5, 5.41) is 16.8. The summed E-state index contributed by atoms with van der Waals surface area (Å²) in [5.41, 5.74) is 1.93. The van der Waals surface area contributed by atoms with Gasteiger partial charge in [-0.25, -0.2) is 0 Å². The Labute approximate surface area is 89.7 Å². The van der Waals surface area contributed by atoms with Gasteiger partial charge >= 0.3 is 0 Å². The van der Waals surface area contributed by atoms with Crippen LogP contribution in [0, 0.1) is 22.9 Å². The van der Waals surface area contributed by atoms with Crippen LogP contribution in [0.2, 0.25) is 0 Å². The van der Waals surface area contributed by atoms with Gasteiger partial charge < -0.3 is 0 Å². The normalized spacial score (nSPS) is 21.1. The number of aliphatic imine (C=N–C) groups is 2. The number of halogens is 1. The van der Waals surface area contributed by atoms with Gasteiger partial charge in [0.15, 0.2) is 0 Å². The zero-order valence-electron chi connectivity index (χ0n) is 7.32. The van der Waals surface area contributed by atoms with Gasteiger partial charge in [0, 0.05) is 4.48 Å². The highest BCUT2D eigenvalue weighted by molar-refractivity contribution is 9.12. The SMILES string of the molecule is CC1=CC(=N\C#N)/C(Br)=CC/1=N\C#N. The lowest BCUT2D eigenvalue weighted by atomic mass is 10.0. The van der Waals surface area contributed by atoms with Crippen molar-refractivity contribution in [3.63, 3.8) is 0 Å². The predicted octanol–water partition coefficient (Wildman–Crippen LogP) is 2.07. The van der Waals surface area contributed by atoms with Crippen molar-refractivity contribution in [1.82, 2.24) is 0 Å². The monoisotopic (exact) mass is 248 g/mol. The van der Waals surface area contributed by atoms with E-state index < -0.39 is 0 Å². The number of nitrogens with zero attached hydrogens (tertiary/aromatic N) is 4. The Morgan fingerprint density at radius 1 is 1.14 bits per heavy atom. The van der Waals surface area contributed by atoms with E-state index in [0.717, 1.165) is 5.57 Å².